The number of nitrogens with zero attached hydrogens (tertiary/aromatic N) is 1. The molecule has 2 aromatic rings. The summed E-state index contributed by atoms with van der Waals surface area (Å²) < 4.78 is 49.5. The number of Topliss-reactive ketones (excluding diaryl/α,β-unsaturated/α-hetero) is 2. The SMILES string of the molecule is COC(=O)C1c2cc3c(c(O)c2C(OC2CC(N(C)C)C(OC4CC5OC6CC(=O)C(C)OC6OC5C(C)O4)C(C)O2)CC1(O)CC(C)=O)C(=O)c1c(O)cccc1C3=O. The number of rotatable bonds is 8. The Bertz CT molecular complexity index is 2100. The number of ether oxygens (including phenoxy) is 8. The molecule has 0 aromatic heterocycles. The number of ketones is 4. The highest BCUT2D eigenvalue weighted by Crippen LogP contribution is 2.54. The molecule has 6 aliphatic rings. The van der Waals surface area contributed by atoms with E-state index in [4.69, 9.17) is 37.9 Å². The molecule has 0 amide bonds. The summed E-state index contributed by atoms with van der Waals surface area (Å²) in [4.78, 5) is 68.4. The molecular weight excluding hydrogens is 786 g/mol. The number of phenolic OH excluding ortho intramolecular Hbond substituents is 2. The fraction of sp³-hybridized carbons (Fsp3) is 0.605. The van der Waals surface area contributed by atoms with Crippen LogP contribution >= 0.6 is 0 Å². The summed E-state index contributed by atoms with van der Waals surface area (Å²) in [5.74, 6) is -5.67. The maximum atomic E-state index is 14.0. The number of aromatic hydroxyl groups is 2. The molecule has 4 fully saturated rings. The van der Waals surface area contributed by atoms with Crippen LogP contribution in [0, 0.1) is 0 Å². The van der Waals surface area contributed by atoms with Gasteiger partial charge < -0.3 is 58.1 Å². The molecule has 4 heterocycles. The van der Waals surface area contributed by atoms with Crippen molar-refractivity contribution < 1.29 is 77.2 Å². The van der Waals surface area contributed by atoms with E-state index < -0.39 is 132 Å². The molecule has 17 heteroatoms. The molecule has 324 valence electrons. The summed E-state index contributed by atoms with van der Waals surface area (Å²) >= 11 is 0. The second-order valence-electron chi connectivity index (χ2n) is 17.1. The minimum absolute atomic E-state index is 0.0575. The van der Waals surface area contributed by atoms with E-state index in [1.807, 2.05) is 25.9 Å². The van der Waals surface area contributed by atoms with Crippen LogP contribution in [0.15, 0.2) is 24.3 Å². The highest BCUT2D eigenvalue weighted by Gasteiger charge is 2.55. The van der Waals surface area contributed by atoms with Gasteiger partial charge in [-0.25, -0.2) is 0 Å². The van der Waals surface area contributed by atoms with E-state index >= 15 is 0 Å². The monoisotopic (exact) mass is 837 g/mol. The molecule has 8 rings (SSSR count). The molecular formula is C43H51NO16. The molecule has 4 saturated heterocycles. The van der Waals surface area contributed by atoms with E-state index in [2.05, 4.69) is 0 Å². The van der Waals surface area contributed by atoms with Crippen LogP contribution in [0.4, 0.5) is 0 Å². The molecule has 2 aromatic carbocycles. The van der Waals surface area contributed by atoms with Crippen LogP contribution in [0.25, 0.3) is 0 Å². The third-order valence-corrected chi connectivity index (χ3v) is 12.7. The molecule has 0 spiro atoms. The number of aliphatic hydroxyl groups is 1. The number of methoxy groups -OCH3 is 1. The summed E-state index contributed by atoms with van der Waals surface area (Å²) in [5.41, 5.74) is -3.28. The Morgan fingerprint density at radius 2 is 1.60 bits per heavy atom. The predicted octanol–water partition coefficient (Wildman–Crippen LogP) is 2.74. The van der Waals surface area contributed by atoms with Crippen LogP contribution in [0.1, 0.15) is 115 Å². The predicted molar refractivity (Wildman–Crippen MR) is 204 cm³/mol. The molecule has 14 atom stereocenters. The zero-order valence-corrected chi connectivity index (χ0v) is 34.4. The minimum atomic E-state index is -2.12. The average molecular weight is 838 g/mol. The minimum Gasteiger partial charge on any atom is -0.507 e. The Labute approximate surface area is 346 Å². The Balaban J connectivity index is 1.08. The summed E-state index contributed by atoms with van der Waals surface area (Å²) in [7, 11) is 4.84. The van der Waals surface area contributed by atoms with Crippen molar-refractivity contribution in [2.75, 3.05) is 21.2 Å². The molecule has 0 bridgehead atoms. The number of esters is 1. The number of fused-ring (bicyclic) bond motifs is 5. The summed E-state index contributed by atoms with van der Waals surface area (Å²) in [6, 6.07) is 4.93. The van der Waals surface area contributed by atoms with Crippen molar-refractivity contribution in [3.8, 4) is 11.5 Å². The van der Waals surface area contributed by atoms with Crippen LogP contribution < -0.4 is 0 Å². The Morgan fingerprint density at radius 3 is 2.30 bits per heavy atom. The van der Waals surface area contributed by atoms with Crippen molar-refractivity contribution in [3.05, 3.63) is 57.6 Å². The van der Waals surface area contributed by atoms with Crippen LogP contribution in [0.5, 0.6) is 11.5 Å². The first-order valence-corrected chi connectivity index (χ1v) is 20.3. The standard InChI is InChI=1S/C43H51NO16/c1-17(45)15-43(52)16-29(33-22(35(43)41(51)53-7)11-23-34(38(33)50)37(49)32-21(36(23)48)9-8-10-25(32)46)58-30-12-24(44(5)6)39(19(3)54-30)59-31-14-27-40(20(4)55-31)60-42-28(57-27)13-26(47)18(2)56-42/h8-11,18-20,24,27-31,35,39-40,42,46,50,52H,12-16H2,1-7H3. The van der Waals surface area contributed by atoms with Gasteiger partial charge >= 0.3 is 5.97 Å². The fourth-order valence-electron chi connectivity index (χ4n) is 9.97. The van der Waals surface area contributed by atoms with Crippen molar-refractivity contribution in [1.82, 2.24) is 4.90 Å². The number of phenols is 2. The Morgan fingerprint density at radius 1 is 0.883 bits per heavy atom. The zero-order chi connectivity index (χ0) is 43.1. The number of carbonyl (C=O) groups excluding carboxylic acids is 5. The summed E-state index contributed by atoms with van der Waals surface area (Å²) in [6.45, 7) is 6.62. The second-order valence-corrected chi connectivity index (χ2v) is 17.1. The lowest BCUT2D eigenvalue weighted by atomic mass is 9.66. The van der Waals surface area contributed by atoms with Gasteiger partial charge in [-0.1, -0.05) is 12.1 Å². The van der Waals surface area contributed by atoms with Gasteiger partial charge in [-0.3, -0.25) is 24.0 Å². The molecule has 4 aliphatic heterocycles. The van der Waals surface area contributed by atoms with E-state index in [1.165, 1.54) is 31.2 Å². The van der Waals surface area contributed by atoms with Gasteiger partial charge in [0, 0.05) is 54.8 Å². The third-order valence-electron chi connectivity index (χ3n) is 12.7. The zero-order valence-electron chi connectivity index (χ0n) is 34.4. The molecule has 17 nitrogen and oxygen atoms in total. The topological polar surface area (TPSA) is 223 Å². The van der Waals surface area contributed by atoms with E-state index in [1.54, 1.807) is 13.8 Å². The molecule has 3 N–H and O–H groups in total. The maximum Gasteiger partial charge on any atom is 0.316 e. The lowest BCUT2D eigenvalue weighted by Gasteiger charge is -2.51. The molecule has 0 saturated carbocycles. The van der Waals surface area contributed by atoms with Gasteiger partial charge in [0.1, 0.15) is 47.6 Å². The van der Waals surface area contributed by atoms with Crippen molar-refractivity contribution in [2.45, 2.75) is 145 Å². The first kappa shape index (κ1) is 42.5. The highest BCUT2D eigenvalue weighted by atomic mass is 16.8. The summed E-state index contributed by atoms with van der Waals surface area (Å²) in [5, 5.41) is 35.0. The van der Waals surface area contributed by atoms with Crippen LogP contribution in [-0.2, 0) is 52.3 Å². The van der Waals surface area contributed by atoms with Gasteiger partial charge in [0.15, 0.2) is 30.4 Å². The van der Waals surface area contributed by atoms with E-state index in [9.17, 15) is 39.3 Å². The third kappa shape index (κ3) is 7.26. The van der Waals surface area contributed by atoms with Gasteiger partial charge in [-0.2, -0.15) is 0 Å². The van der Waals surface area contributed by atoms with Gasteiger partial charge in [-0.05, 0) is 59.5 Å². The first-order valence-electron chi connectivity index (χ1n) is 20.3. The van der Waals surface area contributed by atoms with Gasteiger partial charge in [0.25, 0.3) is 0 Å². The summed E-state index contributed by atoms with van der Waals surface area (Å²) in [6.07, 6.45) is -7.58. The largest absolute Gasteiger partial charge is 0.507 e. The van der Waals surface area contributed by atoms with Crippen LogP contribution in [0.3, 0.4) is 0 Å². The Hall–Kier alpha value is -4.17. The van der Waals surface area contributed by atoms with Crippen molar-refractivity contribution >= 4 is 29.1 Å². The highest BCUT2D eigenvalue weighted by molar-refractivity contribution is 6.30. The second kappa shape index (κ2) is 15.9. The number of likely N-dealkylation sites (N-methyl/N-ethyl adjacent to an activating group) is 1. The molecule has 14 unspecified atom stereocenters. The number of hydrogen-bond donors (Lipinski definition) is 3. The Kier molecular flexibility index (Phi) is 11.3. The molecule has 0 radical (unpaired) electrons. The van der Waals surface area contributed by atoms with Crippen molar-refractivity contribution in [3.63, 3.8) is 0 Å². The molecule has 2 aliphatic carbocycles. The van der Waals surface area contributed by atoms with Gasteiger partial charge in [-0.15, -0.1) is 0 Å². The lowest BCUT2D eigenvalue weighted by molar-refractivity contribution is -0.371. The van der Waals surface area contributed by atoms with Crippen molar-refractivity contribution in [2.24, 2.45) is 0 Å². The van der Waals surface area contributed by atoms with E-state index in [-0.39, 0.29) is 52.5 Å². The van der Waals surface area contributed by atoms with Gasteiger partial charge in [0.2, 0.25) is 5.78 Å². The number of benzene rings is 2. The van der Waals surface area contributed by atoms with Gasteiger partial charge in [0.05, 0.1) is 48.3 Å². The van der Waals surface area contributed by atoms with Crippen LogP contribution in [-0.4, -0.2) is 144 Å². The van der Waals surface area contributed by atoms with E-state index in [0.29, 0.717) is 6.42 Å². The smallest absolute Gasteiger partial charge is 0.316 e. The quantitative estimate of drug-likeness (QED) is 0.278. The lowest BCUT2D eigenvalue weighted by Crippen LogP contribution is -2.62. The number of carbonyl (C=O) groups is 5. The maximum absolute atomic E-state index is 14.0. The first-order chi connectivity index (χ1) is 28.4. The fourth-order valence-corrected chi connectivity index (χ4v) is 9.97. The average Bonchev–Trinajstić information content (AvgIpc) is 3.16. The molecule has 60 heavy (non-hydrogen) atoms. The number of hydrogen-bond acceptors (Lipinski definition) is 17. The van der Waals surface area contributed by atoms with E-state index in [0.717, 1.165) is 7.11 Å². The van der Waals surface area contributed by atoms with Crippen LogP contribution in [0.2, 0.25) is 0 Å². The normalized spacial score (nSPS) is 37.4. The van der Waals surface area contributed by atoms with Crippen molar-refractivity contribution in [1.29, 1.82) is 0 Å².